The first-order valence-corrected chi connectivity index (χ1v) is 6.31. The summed E-state index contributed by atoms with van der Waals surface area (Å²) in [5.74, 6) is -0.128. The molecule has 2 rings (SSSR count). The lowest BCUT2D eigenvalue weighted by molar-refractivity contribution is 0.0767. The summed E-state index contributed by atoms with van der Waals surface area (Å²) in [7, 11) is 1.66. The number of hydrogen-bond donors (Lipinski definition) is 1. The Morgan fingerprint density at radius 2 is 2.39 bits per heavy atom. The summed E-state index contributed by atoms with van der Waals surface area (Å²) in [4.78, 5) is 22.6. The number of hydrogen-bond acceptors (Lipinski definition) is 5. The Kier molecular flexibility index (Phi) is 4.01. The second kappa shape index (κ2) is 5.70. The summed E-state index contributed by atoms with van der Waals surface area (Å²) in [6.45, 7) is 0.270. The van der Waals surface area contributed by atoms with Crippen molar-refractivity contribution in [3.63, 3.8) is 0 Å². The van der Waals surface area contributed by atoms with E-state index in [-0.39, 0.29) is 12.5 Å². The average molecular weight is 263 g/mol. The third-order valence-electron chi connectivity index (χ3n) is 2.47. The van der Waals surface area contributed by atoms with E-state index in [1.807, 2.05) is 0 Å². The fraction of sp³-hybridized carbons (Fsp3) is 0.250. The maximum Gasteiger partial charge on any atom is 0.253 e. The second-order valence-electron chi connectivity index (χ2n) is 3.75. The van der Waals surface area contributed by atoms with E-state index in [1.54, 1.807) is 37.1 Å². The molecule has 0 bridgehead atoms. The van der Waals surface area contributed by atoms with Gasteiger partial charge in [-0.2, -0.15) is 0 Å². The van der Waals surface area contributed by atoms with Crippen LogP contribution in [0.1, 0.15) is 10.4 Å². The third-order valence-corrected chi connectivity index (χ3v) is 3.27. The molecule has 0 unspecified atom stereocenters. The van der Waals surface area contributed by atoms with Gasteiger partial charge in [0.2, 0.25) is 0 Å². The van der Waals surface area contributed by atoms with Gasteiger partial charge in [0.1, 0.15) is 0 Å². The van der Waals surface area contributed by atoms with Crippen LogP contribution in [0.5, 0.6) is 0 Å². The predicted octanol–water partition coefficient (Wildman–Crippen LogP) is 1.27. The summed E-state index contributed by atoms with van der Waals surface area (Å²) < 4.78 is 0. The Balaban J connectivity index is 2.25. The molecule has 0 aliphatic heterocycles. The zero-order valence-corrected chi connectivity index (χ0v) is 10.7. The minimum atomic E-state index is -0.128. The maximum atomic E-state index is 12.0. The molecule has 1 amide bonds. The molecule has 2 aromatic heterocycles. The number of carbonyl (C=O) groups excluding carboxylic acids is 1. The number of nitrogens with zero attached hydrogens (tertiary/aromatic N) is 3. The molecular formula is C12H13N3O2S. The molecule has 0 aromatic carbocycles. The summed E-state index contributed by atoms with van der Waals surface area (Å²) >= 11 is 1.48. The Bertz CT molecular complexity index is 528. The van der Waals surface area contributed by atoms with Gasteiger partial charge in [0.25, 0.3) is 5.91 Å². The fourth-order valence-corrected chi connectivity index (χ4v) is 2.10. The largest absolute Gasteiger partial charge is 0.395 e. The van der Waals surface area contributed by atoms with Crippen molar-refractivity contribution in [2.24, 2.45) is 0 Å². The number of pyridine rings is 1. The lowest BCUT2D eigenvalue weighted by atomic mass is 10.2. The van der Waals surface area contributed by atoms with Crippen LogP contribution in [0.4, 0.5) is 0 Å². The maximum absolute atomic E-state index is 12.0. The number of rotatable bonds is 4. The van der Waals surface area contributed by atoms with Crippen LogP contribution in [0.15, 0.2) is 30.0 Å². The zero-order chi connectivity index (χ0) is 13.0. The molecule has 1 N–H and O–H groups in total. The van der Waals surface area contributed by atoms with E-state index in [0.717, 1.165) is 10.6 Å². The van der Waals surface area contributed by atoms with Crippen molar-refractivity contribution in [2.75, 3.05) is 20.2 Å². The first kappa shape index (κ1) is 12.7. The fourth-order valence-electron chi connectivity index (χ4n) is 1.51. The van der Waals surface area contributed by atoms with Gasteiger partial charge in [-0.05, 0) is 12.1 Å². The number of carbonyl (C=O) groups is 1. The van der Waals surface area contributed by atoms with E-state index in [4.69, 9.17) is 5.11 Å². The van der Waals surface area contributed by atoms with Crippen LogP contribution < -0.4 is 0 Å². The molecule has 6 heteroatoms. The molecule has 0 spiro atoms. The molecule has 0 aliphatic rings. The molecule has 18 heavy (non-hydrogen) atoms. The monoisotopic (exact) mass is 263 g/mol. The average Bonchev–Trinajstić information content (AvgIpc) is 2.92. The van der Waals surface area contributed by atoms with Crippen molar-refractivity contribution < 1.29 is 9.90 Å². The SMILES string of the molecule is CN(CCO)C(=O)c1ccnc(-c2cncs2)c1. The van der Waals surface area contributed by atoms with Crippen molar-refractivity contribution in [3.05, 3.63) is 35.6 Å². The Labute approximate surface area is 109 Å². The van der Waals surface area contributed by atoms with Crippen molar-refractivity contribution in [1.29, 1.82) is 0 Å². The van der Waals surface area contributed by atoms with Crippen molar-refractivity contribution in [2.45, 2.75) is 0 Å². The lowest BCUT2D eigenvalue weighted by Crippen LogP contribution is -2.29. The highest BCUT2D eigenvalue weighted by Gasteiger charge is 2.12. The van der Waals surface area contributed by atoms with Crippen LogP contribution >= 0.6 is 11.3 Å². The molecule has 0 fully saturated rings. The molecule has 0 atom stereocenters. The van der Waals surface area contributed by atoms with Gasteiger partial charge in [0.15, 0.2) is 0 Å². The van der Waals surface area contributed by atoms with Crippen LogP contribution in [-0.2, 0) is 0 Å². The number of likely N-dealkylation sites (N-methyl/N-ethyl adjacent to an activating group) is 1. The van der Waals surface area contributed by atoms with Crippen LogP contribution in [-0.4, -0.2) is 46.1 Å². The smallest absolute Gasteiger partial charge is 0.253 e. The zero-order valence-electron chi connectivity index (χ0n) is 9.91. The van der Waals surface area contributed by atoms with Gasteiger partial charge in [-0.1, -0.05) is 0 Å². The minimum Gasteiger partial charge on any atom is -0.395 e. The quantitative estimate of drug-likeness (QED) is 0.902. The van der Waals surface area contributed by atoms with Gasteiger partial charge in [-0.3, -0.25) is 14.8 Å². The molecule has 94 valence electrons. The molecule has 0 aliphatic carbocycles. The van der Waals surface area contributed by atoms with Gasteiger partial charge in [0, 0.05) is 31.5 Å². The van der Waals surface area contributed by atoms with Gasteiger partial charge in [0.05, 0.1) is 22.7 Å². The summed E-state index contributed by atoms with van der Waals surface area (Å²) in [5, 5.41) is 8.82. The lowest BCUT2D eigenvalue weighted by Gasteiger charge is -2.15. The van der Waals surface area contributed by atoms with E-state index in [9.17, 15) is 4.79 Å². The first-order valence-electron chi connectivity index (χ1n) is 5.43. The standard InChI is InChI=1S/C12H13N3O2S/c1-15(4-5-16)12(17)9-2-3-14-10(6-9)11-7-13-8-18-11/h2-3,6-8,16H,4-5H2,1H3. The van der Waals surface area contributed by atoms with E-state index in [0.29, 0.717) is 12.1 Å². The Morgan fingerprint density at radius 3 is 3.06 bits per heavy atom. The van der Waals surface area contributed by atoms with E-state index < -0.39 is 0 Å². The van der Waals surface area contributed by atoms with Gasteiger partial charge in [-0.15, -0.1) is 11.3 Å². The number of thiazole rings is 1. The normalized spacial score (nSPS) is 10.3. The van der Waals surface area contributed by atoms with E-state index >= 15 is 0 Å². The van der Waals surface area contributed by atoms with Crippen LogP contribution in [0.2, 0.25) is 0 Å². The van der Waals surface area contributed by atoms with E-state index in [2.05, 4.69) is 9.97 Å². The molecule has 2 aromatic rings. The Hall–Kier alpha value is -1.79. The van der Waals surface area contributed by atoms with Gasteiger partial charge < -0.3 is 10.0 Å². The molecule has 5 nitrogen and oxygen atoms in total. The van der Waals surface area contributed by atoms with Gasteiger partial charge in [-0.25, -0.2) is 0 Å². The van der Waals surface area contributed by atoms with Crippen molar-refractivity contribution >= 4 is 17.2 Å². The molecule has 0 radical (unpaired) electrons. The second-order valence-corrected chi connectivity index (χ2v) is 4.63. The van der Waals surface area contributed by atoms with Crippen molar-refractivity contribution in [1.82, 2.24) is 14.9 Å². The molecule has 0 saturated heterocycles. The molecular weight excluding hydrogens is 250 g/mol. The number of amides is 1. The van der Waals surface area contributed by atoms with Crippen LogP contribution in [0.25, 0.3) is 10.6 Å². The topological polar surface area (TPSA) is 66.3 Å². The summed E-state index contributed by atoms with van der Waals surface area (Å²) in [5.41, 5.74) is 3.02. The highest BCUT2D eigenvalue weighted by molar-refractivity contribution is 7.13. The van der Waals surface area contributed by atoms with Crippen LogP contribution in [0, 0.1) is 0 Å². The van der Waals surface area contributed by atoms with Gasteiger partial charge >= 0.3 is 0 Å². The number of aliphatic hydroxyl groups excluding tert-OH is 1. The summed E-state index contributed by atoms with van der Waals surface area (Å²) in [6, 6.07) is 3.41. The number of aliphatic hydroxyl groups is 1. The van der Waals surface area contributed by atoms with Crippen molar-refractivity contribution in [3.8, 4) is 10.6 Å². The summed E-state index contributed by atoms with van der Waals surface area (Å²) in [6.07, 6.45) is 3.33. The highest BCUT2D eigenvalue weighted by Crippen LogP contribution is 2.21. The van der Waals surface area contributed by atoms with E-state index in [1.165, 1.54) is 16.2 Å². The highest BCUT2D eigenvalue weighted by atomic mass is 32.1. The molecule has 0 saturated carbocycles. The first-order chi connectivity index (χ1) is 8.72. The molecule has 2 heterocycles. The third kappa shape index (κ3) is 2.72. The Morgan fingerprint density at radius 1 is 1.56 bits per heavy atom. The number of aromatic nitrogens is 2. The predicted molar refractivity (Wildman–Crippen MR) is 69.4 cm³/mol. The minimum absolute atomic E-state index is 0.0466. The van der Waals surface area contributed by atoms with Crippen LogP contribution in [0.3, 0.4) is 0 Å².